The summed E-state index contributed by atoms with van der Waals surface area (Å²) in [5, 5.41) is 3.76. The van der Waals surface area contributed by atoms with Gasteiger partial charge < -0.3 is 5.32 Å². The Labute approximate surface area is 141 Å². The summed E-state index contributed by atoms with van der Waals surface area (Å²) in [6, 6.07) is 13.6. The Kier molecular flexibility index (Phi) is 5.26. The fourth-order valence-corrected chi connectivity index (χ4v) is 2.74. The van der Waals surface area contributed by atoms with Crippen LogP contribution in [-0.4, -0.2) is 10.5 Å². The zero-order chi connectivity index (χ0) is 17.1. The van der Waals surface area contributed by atoms with Crippen LogP contribution in [0.2, 0.25) is 0 Å². The minimum atomic E-state index is 0.0698. The summed E-state index contributed by atoms with van der Waals surface area (Å²) in [6.45, 7) is 13.4. The minimum absolute atomic E-state index is 0.0698. The number of nitrogens with zero attached hydrogens (tertiary/aromatic N) is 1. The van der Waals surface area contributed by atoms with Crippen LogP contribution in [-0.2, 0) is 11.8 Å². The van der Waals surface area contributed by atoms with Gasteiger partial charge in [-0.25, -0.2) is 0 Å². The molecule has 1 N–H and O–H groups in total. The second-order valence-corrected chi connectivity index (χ2v) is 8.38. The van der Waals surface area contributed by atoms with Crippen molar-refractivity contribution in [3.63, 3.8) is 0 Å². The maximum Gasteiger partial charge on any atom is 0.0365 e. The van der Waals surface area contributed by atoms with Crippen molar-refractivity contribution in [1.29, 1.82) is 0 Å². The van der Waals surface area contributed by atoms with E-state index in [2.05, 4.69) is 88.2 Å². The molecule has 0 fully saturated rings. The topological polar surface area (TPSA) is 24.9 Å². The molecule has 0 saturated carbocycles. The van der Waals surface area contributed by atoms with Crippen LogP contribution in [0.1, 0.15) is 64.3 Å². The highest BCUT2D eigenvalue weighted by Crippen LogP contribution is 2.26. The van der Waals surface area contributed by atoms with Crippen LogP contribution in [0.25, 0.3) is 0 Å². The number of benzene rings is 1. The number of pyridine rings is 1. The quantitative estimate of drug-likeness (QED) is 0.854. The standard InChI is InChI=1S/C21H30N2/c1-20(2,3)18-9-7-17(8-10-18)19(23-21(4,5)6)15-16-11-13-22-14-12-16/h7-14,19,23H,15H2,1-6H3/t19-/m1/s1. The molecule has 0 spiro atoms. The predicted molar refractivity (Wildman–Crippen MR) is 98.7 cm³/mol. The van der Waals surface area contributed by atoms with Crippen LogP contribution < -0.4 is 5.32 Å². The maximum atomic E-state index is 4.12. The van der Waals surface area contributed by atoms with E-state index < -0.39 is 0 Å². The molecule has 0 aliphatic heterocycles. The van der Waals surface area contributed by atoms with Crippen molar-refractivity contribution >= 4 is 0 Å². The van der Waals surface area contributed by atoms with Crippen LogP contribution in [0.15, 0.2) is 48.8 Å². The Morgan fingerprint density at radius 1 is 0.870 bits per heavy atom. The lowest BCUT2D eigenvalue weighted by Crippen LogP contribution is -2.39. The van der Waals surface area contributed by atoms with E-state index >= 15 is 0 Å². The first-order chi connectivity index (χ1) is 10.6. The highest BCUT2D eigenvalue weighted by molar-refractivity contribution is 5.30. The Hall–Kier alpha value is -1.67. The SMILES string of the molecule is CC(C)(C)N[C@H](Cc1ccncc1)c1ccc(C(C)(C)C)cc1. The molecule has 2 rings (SSSR count). The van der Waals surface area contributed by atoms with Crippen molar-refractivity contribution in [2.45, 2.75) is 65.0 Å². The van der Waals surface area contributed by atoms with Gasteiger partial charge >= 0.3 is 0 Å². The van der Waals surface area contributed by atoms with E-state index in [9.17, 15) is 0 Å². The van der Waals surface area contributed by atoms with E-state index in [-0.39, 0.29) is 11.0 Å². The van der Waals surface area contributed by atoms with Gasteiger partial charge in [-0.3, -0.25) is 4.98 Å². The van der Waals surface area contributed by atoms with Crippen molar-refractivity contribution in [2.75, 3.05) is 0 Å². The Bertz CT molecular complexity index is 601. The Morgan fingerprint density at radius 3 is 1.91 bits per heavy atom. The van der Waals surface area contributed by atoms with Gasteiger partial charge in [-0.15, -0.1) is 0 Å². The van der Waals surface area contributed by atoms with E-state index in [1.54, 1.807) is 0 Å². The molecule has 0 amide bonds. The first-order valence-electron chi connectivity index (χ1n) is 8.42. The molecule has 0 bridgehead atoms. The van der Waals surface area contributed by atoms with E-state index in [1.165, 1.54) is 16.7 Å². The zero-order valence-corrected chi connectivity index (χ0v) is 15.4. The molecule has 1 heterocycles. The van der Waals surface area contributed by atoms with E-state index in [4.69, 9.17) is 0 Å². The van der Waals surface area contributed by atoms with Gasteiger partial charge in [0.15, 0.2) is 0 Å². The summed E-state index contributed by atoms with van der Waals surface area (Å²) in [6.07, 6.45) is 4.70. The lowest BCUT2D eigenvalue weighted by atomic mass is 9.85. The Balaban J connectivity index is 2.26. The molecule has 1 aromatic heterocycles. The average molecular weight is 310 g/mol. The van der Waals surface area contributed by atoms with Gasteiger partial charge in [-0.1, -0.05) is 45.0 Å². The van der Waals surface area contributed by atoms with E-state index in [0.717, 1.165) is 6.42 Å². The number of nitrogens with one attached hydrogen (secondary N) is 1. The maximum absolute atomic E-state index is 4.12. The molecule has 1 atom stereocenters. The smallest absolute Gasteiger partial charge is 0.0365 e. The summed E-state index contributed by atoms with van der Waals surface area (Å²) >= 11 is 0. The van der Waals surface area contributed by atoms with Crippen LogP contribution in [0, 0.1) is 0 Å². The summed E-state index contributed by atoms with van der Waals surface area (Å²) in [7, 11) is 0. The lowest BCUT2D eigenvalue weighted by molar-refractivity contribution is 0.361. The van der Waals surface area contributed by atoms with Gasteiger partial charge in [0, 0.05) is 24.0 Å². The van der Waals surface area contributed by atoms with Crippen LogP contribution in [0.4, 0.5) is 0 Å². The second kappa shape index (κ2) is 6.84. The largest absolute Gasteiger partial charge is 0.305 e. The van der Waals surface area contributed by atoms with Crippen LogP contribution >= 0.6 is 0 Å². The summed E-state index contributed by atoms with van der Waals surface area (Å²) in [5.41, 5.74) is 4.28. The van der Waals surface area contributed by atoms with Gasteiger partial charge in [0.1, 0.15) is 0 Å². The van der Waals surface area contributed by atoms with Crippen molar-refractivity contribution in [3.8, 4) is 0 Å². The molecule has 1 aromatic carbocycles. The average Bonchev–Trinajstić information content (AvgIpc) is 2.45. The lowest BCUT2D eigenvalue weighted by Gasteiger charge is -2.30. The van der Waals surface area contributed by atoms with Crippen molar-refractivity contribution in [1.82, 2.24) is 10.3 Å². The number of aromatic nitrogens is 1. The molecule has 124 valence electrons. The van der Waals surface area contributed by atoms with Crippen molar-refractivity contribution in [2.24, 2.45) is 0 Å². The molecule has 23 heavy (non-hydrogen) atoms. The molecule has 0 unspecified atom stereocenters. The predicted octanol–water partition coefficient (Wildman–Crippen LogP) is 5.05. The summed E-state index contributed by atoms with van der Waals surface area (Å²) < 4.78 is 0. The van der Waals surface area contributed by atoms with Crippen LogP contribution in [0.5, 0.6) is 0 Å². The highest BCUT2D eigenvalue weighted by atomic mass is 15.0. The molecular formula is C21H30N2. The van der Waals surface area contributed by atoms with Gasteiger partial charge in [-0.2, -0.15) is 0 Å². The summed E-state index contributed by atoms with van der Waals surface area (Å²) in [4.78, 5) is 4.12. The normalized spacial score (nSPS) is 13.8. The third kappa shape index (κ3) is 5.47. The molecule has 0 aliphatic carbocycles. The molecule has 2 nitrogen and oxygen atoms in total. The zero-order valence-electron chi connectivity index (χ0n) is 15.4. The fraction of sp³-hybridized carbons (Fsp3) is 0.476. The fourth-order valence-electron chi connectivity index (χ4n) is 2.74. The second-order valence-electron chi connectivity index (χ2n) is 8.38. The molecule has 2 heteroatoms. The van der Waals surface area contributed by atoms with Crippen molar-refractivity contribution in [3.05, 3.63) is 65.5 Å². The highest BCUT2D eigenvalue weighted by Gasteiger charge is 2.20. The molecular weight excluding hydrogens is 280 g/mol. The number of hydrogen-bond acceptors (Lipinski definition) is 2. The van der Waals surface area contributed by atoms with Crippen molar-refractivity contribution < 1.29 is 0 Å². The van der Waals surface area contributed by atoms with Gasteiger partial charge in [-0.05, 0) is 61.4 Å². The van der Waals surface area contributed by atoms with Gasteiger partial charge in [0.05, 0.1) is 0 Å². The third-order valence-electron chi connectivity index (χ3n) is 3.98. The first-order valence-corrected chi connectivity index (χ1v) is 8.42. The van der Waals surface area contributed by atoms with Gasteiger partial charge in [0.25, 0.3) is 0 Å². The first kappa shape index (κ1) is 17.7. The van der Waals surface area contributed by atoms with E-state index in [0.29, 0.717) is 6.04 Å². The summed E-state index contributed by atoms with van der Waals surface area (Å²) in [5.74, 6) is 0. The molecule has 0 aliphatic rings. The monoisotopic (exact) mass is 310 g/mol. The number of rotatable bonds is 4. The Morgan fingerprint density at radius 2 is 1.43 bits per heavy atom. The van der Waals surface area contributed by atoms with Gasteiger partial charge in [0.2, 0.25) is 0 Å². The molecule has 2 aromatic rings. The van der Waals surface area contributed by atoms with E-state index in [1.807, 2.05) is 12.4 Å². The molecule has 0 radical (unpaired) electrons. The minimum Gasteiger partial charge on any atom is -0.305 e. The molecule has 0 saturated heterocycles. The van der Waals surface area contributed by atoms with Crippen LogP contribution in [0.3, 0.4) is 0 Å². The number of hydrogen-bond donors (Lipinski definition) is 1. The third-order valence-corrected chi connectivity index (χ3v) is 3.98.